The minimum Gasteiger partial charge on any atom is -0.384 e. The van der Waals surface area contributed by atoms with Gasteiger partial charge >= 0.3 is 6.18 Å². The van der Waals surface area contributed by atoms with Crippen LogP contribution in [0.15, 0.2) is 6.07 Å². The maximum Gasteiger partial charge on any atom is 0.417 e. The number of hydrogen-bond acceptors (Lipinski definition) is 4. The first-order chi connectivity index (χ1) is 7.27. The van der Waals surface area contributed by atoms with Crippen molar-refractivity contribution in [2.24, 2.45) is 0 Å². The second-order valence-corrected chi connectivity index (χ2v) is 3.19. The Morgan fingerprint density at radius 2 is 2.06 bits per heavy atom. The SMILES string of the molecule is CNc1nc(N)cc(C(F)(F)F)c1C(C)=N. The van der Waals surface area contributed by atoms with Crippen molar-refractivity contribution in [3.63, 3.8) is 0 Å². The molecule has 0 aliphatic rings. The highest BCUT2D eigenvalue weighted by molar-refractivity contribution is 6.02. The molecule has 0 fully saturated rings. The highest BCUT2D eigenvalue weighted by Gasteiger charge is 2.35. The zero-order chi connectivity index (χ0) is 12.5. The molecule has 0 bridgehead atoms. The van der Waals surface area contributed by atoms with Gasteiger partial charge in [-0.25, -0.2) is 4.98 Å². The number of nitrogens with zero attached hydrogens (tertiary/aromatic N) is 1. The van der Waals surface area contributed by atoms with Crippen LogP contribution in [-0.2, 0) is 6.18 Å². The molecule has 1 rings (SSSR count). The lowest BCUT2D eigenvalue weighted by atomic mass is 10.0. The van der Waals surface area contributed by atoms with Crippen LogP contribution < -0.4 is 11.1 Å². The topological polar surface area (TPSA) is 74.8 Å². The molecule has 1 aromatic heterocycles. The van der Waals surface area contributed by atoms with Crippen molar-refractivity contribution in [2.45, 2.75) is 13.1 Å². The second kappa shape index (κ2) is 3.99. The zero-order valence-corrected chi connectivity index (χ0v) is 8.74. The number of hydrogen-bond donors (Lipinski definition) is 3. The van der Waals surface area contributed by atoms with Crippen LogP contribution in [0.25, 0.3) is 0 Å². The number of nitrogen functional groups attached to an aromatic ring is 1. The van der Waals surface area contributed by atoms with Gasteiger partial charge in [0.2, 0.25) is 0 Å². The molecule has 0 atom stereocenters. The van der Waals surface area contributed by atoms with E-state index in [1.54, 1.807) is 0 Å². The molecule has 7 heteroatoms. The van der Waals surface area contributed by atoms with Gasteiger partial charge in [-0.05, 0) is 13.0 Å². The minimum atomic E-state index is -4.56. The summed E-state index contributed by atoms with van der Waals surface area (Å²) in [7, 11) is 1.42. The predicted octanol–water partition coefficient (Wildman–Crippen LogP) is 2.11. The normalized spacial score (nSPS) is 11.3. The number of anilines is 2. The van der Waals surface area contributed by atoms with Gasteiger partial charge in [-0.2, -0.15) is 13.2 Å². The Morgan fingerprint density at radius 3 is 2.44 bits per heavy atom. The molecule has 4 nitrogen and oxygen atoms in total. The zero-order valence-electron chi connectivity index (χ0n) is 8.74. The number of halogens is 3. The Labute approximate surface area is 90.2 Å². The average molecular weight is 232 g/mol. The summed E-state index contributed by atoms with van der Waals surface area (Å²) in [6.45, 7) is 1.27. The van der Waals surface area contributed by atoms with Crippen molar-refractivity contribution in [3.8, 4) is 0 Å². The van der Waals surface area contributed by atoms with E-state index in [1.807, 2.05) is 0 Å². The maximum absolute atomic E-state index is 12.7. The third kappa shape index (κ3) is 2.23. The first-order valence-electron chi connectivity index (χ1n) is 4.38. The van der Waals surface area contributed by atoms with Crippen LogP contribution >= 0.6 is 0 Å². The highest BCUT2D eigenvalue weighted by Crippen LogP contribution is 2.35. The molecule has 0 amide bonds. The first-order valence-corrected chi connectivity index (χ1v) is 4.38. The Hall–Kier alpha value is -1.79. The molecular weight excluding hydrogens is 221 g/mol. The predicted molar refractivity (Wildman–Crippen MR) is 55.7 cm³/mol. The van der Waals surface area contributed by atoms with Gasteiger partial charge in [-0.15, -0.1) is 0 Å². The van der Waals surface area contributed by atoms with Crippen LogP contribution in [-0.4, -0.2) is 17.7 Å². The van der Waals surface area contributed by atoms with Crippen LogP contribution in [0.2, 0.25) is 0 Å². The van der Waals surface area contributed by atoms with Gasteiger partial charge in [0.05, 0.1) is 5.56 Å². The van der Waals surface area contributed by atoms with E-state index in [9.17, 15) is 13.2 Å². The number of rotatable bonds is 2. The van der Waals surface area contributed by atoms with Gasteiger partial charge in [0.15, 0.2) is 0 Å². The molecule has 0 saturated heterocycles. The van der Waals surface area contributed by atoms with Gasteiger partial charge in [0.25, 0.3) is 0 Å². The van der Waals surface area contributed by atoms with E-state index in [0.29, 0.717) is 0 Å². The van der Waals surface area contributed by atoms with E-state index < -0.39 is 11.7 Å². The van der Waals surface area contributed by atoms with Gasteiger partial charge < -0.3 is 16.5 Å². The fraction of sp³-hybridized carbons (Fsp3) is 0.333. The molecular formula is C9H11F3N4. The molecule has 1 aromatic rings. The Balaban J connectivity index is 3.57. The fourth-order valence-electron chi connectivity index (χ4n) is 1.35. The van der Waals surface area contributed by atoms with E-state index >= 15 is 0 Å². The van der Waals surface area contributed by atoms with Crippen LogP contribution in [0.1, 0.15) is 18.1 Å². The van der Waals surface area contributed by atoms with Gasteiger partial charge in [-0.1, -0.05) is 0 Å². The Bertz CT molecular complexity index is 425. The van der Waals surface area contributed by atoms with Crippen molar-refractivity contribution < 1.29 is 13.2 Å². The Morgan fingerprint density at radius 1 is 1.50 bits per heavy atom. The molecule has 4 N–H and O–H groups in total. The van der Waals surface area contributed by atoms with E-state index in [4.69, 9.17) is 11.1 Å². The lowest BCUT2D eigenvalue weighted by Crippen LogP contribution is -2.16. The summed E-state index contributed by atoms with van der Waals surface area (Å²) in [5.41, 5.74) is 3.84. The quantitative estimate of drug-likeness (QED) is 0.683. The number of nitrogens with two attached hydrogens (primary N) is 1. The summed E-state index contributed by atoms with van der Waals surface area (Å²) < 4.78 is 38.1. The monoisotopic (exact) mass is 232 g/mol. The lowest BCUT2D eigenvalue weighted by molar-refractivity contribution is -0.137. The second-order valence-electron chi connectivity index (χ2n) is 3.19. The molecule has 0 saturated carbocycles. The molecule has 0 spiro atoms. The molecule has 0 aliphatic heterocycles. The Kier molecular flexibility index (Phi) is 3.06. The first kappa shape index (κ1) is 12.3. The smallest absolute Gasteiger partial charge is 0.384 e. The van der Waals surface area contributed by atoms with Crippen LogP contribution in [0, 0.1) is 5.41 Å². The lowest BCUT2D eigenvalue weighted by Gasteiger charge is -2.15. The van der Waals surface area contributed by atoms with Crippen molar-refractivity contribution in [2.75, 3.05) is 18.1 Å². The standard InChI is InChI=1S/C9H11F3N4/c1-4(13)7-5(9(10,11)12)3-6(14)16-8(7)15-2/h3,13H,1-2H3,(H3,14,15,16). The minimum absolute atomic E-state index is 0.0418. The van der Waals surface area contributed by atoms with Crippen molar-refractivity contribution in [1.29, 1.82) is 5.41 Å². The number of nitrogens with one attached hydrogen (secondary N) is 2. The van der Waals surface area contributed by atoms with Crippen LogP contribution in [0.5, 0.6) is 0 Å². The maximum atomic E-state index is 12.7. The summed E-state index contributed by atoms with van der Waals surface area (Å²) in [6, 6.07) is 0.730. The van der Waals surface area contributed by atoms with Crippen LogP contribution in [0.3, 0.4) is 0 Å². The fourth-order valence-corrected chi connectivity index (χ4v) is 1.35. The van der Waals surface area contributed by atoms with Crippen molar-refractivity contribution in [3.05, 3.63) is 17.2 Å². The van der Waals surface area contributed by atoms with Crippen molar-refractivity contribution in [1.82, 2.24) is 4.98 Å². The average Bonchev–Trinajstić information content (AvgIpc) is 2.14. The summed E-state index contributed by atoms with van der Waals surface area (Å²) >= 11 is 0. The third-order valence-electron chi connectivity index (χ3n) is 1.96. The molecule has 0 unspecified atom stereocenters. The van der Waals surface area contributed by atoms with Gasteiger partial charge in [0, 0.05) is 18.3 Å². The largest absolute Gasteiger partial charge is 0.417 e. The molecule has 0 radical (unpaired) electrons. The number of aromatic nitrogens is 1. The van der Waals surface area contributed by atoms with Crippen molar-refractivity contribution >= 4 is 17.3 Å². The summed E-state index contributed by atoms with van der Waals surface area (Å²) in [5.74, 6) is -0.276. The highest BCUT2D eigenvalue weighted by atomic mass is 19.4. The molecule has 16 heavy (non-hydrogen) atoms. The van der Waals surface area contributed by atoms with Gasteiger partial charge in [-0.3, -0.25) is 0 Å². The van der Waals surface area contributed by atoms with E-state index in [-0.39, 0.29) is 22.9 Å². The van der Waals surface area contributed by atoms with E-state index in [2.05, 4.69) is 10.3 Å². The molecule has 0 aromatic carbocycles. The third-order valence-corrected chi connectivity index (χ3v) is 1.96. The van der Waals surface area contributed by atoms with Crippen LogP contribution in [0.4, 0.5) is 24.8 Å². The van der Waals surface area contributed by atoms with E-state index in [0.717, 1.165) is 6.07 Å². The number of alkyl halides is 3. The molecule has 88 valence electrons. The summed E-state index contributed by atoms with van der Waals surface area (Å²) in [4.78, 5) is 3.71. The van der Waals surface area contributed by atoms with Gasteiger partial charge in [0.1, 0.15) is 11.6 Å². The van der Waals surface area contributed by atoms with E-state index in [1.165, 1.54) is 14.0 Å². The summed E-state index contributed by atoms with van der Waals surface area (Å²) in [6.07, 6.45) is -4.56. The summed E-state index contributed by atoms with van der Waals surface area (Å²) in [5, 5.41) is 9.85. The molecule has 1 heterocycles. The molecule has 0 aliphatic carbocycles. The number of pyridine rings is 1.